The molecule has 6 heteroatoms. The summed E-state index contributed by atoms with van der Waals surface area (Å²) in [5.41, 5.74) is 7.65. The van der Waals surface area contributed by atoms with Crippen LogP contribution in [0.1, 0.15) is 36.2 Å². The number of aliphatic hydroxyl groups excluding tert-OH is 1. The van der Waals surface area contributed by atoms with Crippen LogP contribution < -0.4 is 5.73 Å². The average molecular weight is 288 g/mol. The van der Waals surface area contributed by atoms with E-state index >= 15 is 0 Å². The first-order chi connectivity index (χ1) is 10.2. The number of carbonyl (C=O) groups is 1. The van der Waals surface area contributed by atoms with E-state index in [0.717, 1.165) is 30.2 Å². The van der Waals surface area contributed by atoms with Crippen LogP contribution in [-0.2, 0) is 0 Å². The maximum Gasteiger partial charge on any atom is 0.275 e. The number of hydrogen-bond donors (Lipinski definition) is 3. The van der Waals surface area contributed by atoms with Gasteiger partial charge in [0, 0.05) is 30.3 Å². The zero-order chi connectivity index (χ0) is 14.8. The highest BCUT2D eigenvalue weighted by Crippen LogP contribution is 2.28. The minimum Gasteiger partial charge on any atom is -0.399 e. The standard InChI is InChI=1S/C15H20N4O2/c16-10-5-6-13-12(9-10)14(18-17-13)15(21)19(7-2-8-20)11-3-1-4-11/h5-6,9,11,20H,1-4,7-8,16H2,(H,17,18). The minimum atomic E-state index is -0.0787. The molecule has 6 nitrogen and oxygen atoms in total. The molecule has 3 rings (SSSR count). The molecule has 1 saturated carbocycles. The second-order valence-electron chi connectivity index (χ2n) is 5.54. The Balaban J connectivity index is 1.91. The molecule has 1 aliphatic carbocycles. The normalized spacial score (nSPS) is 15.1. The van der Waals surface area contributed by atoms with Crippen molar-refractivity contribution < 1.29 is 9.90 Å². The number of aromatic nitrogens is 2. The first-order valence-electron chi connectivity index (χ1n) is 7.36. The molecule has 0 atom stereocenters. The highest BCUT2D eigenvalue weighted by atomic mass is 16.3. The van der Waals surface area contributed by atoms with Gasteiger partial charge in [0.15, 0.2) is 5.69 Å². The number of nitrogen functional groups attached to an aromatic ring is 1. The highest BCUT2D eigenvalue weighted by molar-refractivity contribution is 6.05. The summed E-state index contributed by atoms with van der Waals surface area (Å²) in [6, 6.07) is 5.66. The zero-order valence-corrected chi connectivity index (χ0v) is 11.9. The molecule has 4 N–H and O–H groups in total. The van der Waals surface area contributed by atoms with E-state index in [1.54, 1.807) is 12.1 Å². The fraction of sp³-hybridized carbons (Fsp3) is 0.467. The summed E-state index contributed by atoms with van der Waals surface area (Å²) in [6.07, 6.45) is 3.80. The van der Waals surface area contributed by atoms with Gasteiger partial charge >= 0.3 is 0 Å². The van der Waals surface area contributed by atoms with Crippen molar-refractivity contribution in [1.29, 1.82) is 0 Å². The van der Waals surface area contributed by atoms with Crippen molar-refractivity contribution in [3.8, 4) is 0 Å². The van der Waals surface area contributed by atoms with Crippen molar-refractivity contribution in [2.24, 2.45) is 0 Å². The third-order valence-electron chi connectivity index (χ3n) is 4.12. The Hall–Kier alpha value is -2.08. The number of H-pyrrole nitrogens is 1. The quantitative estimate of drug-likeness (QED) is 0.727. The van der Waals surface area contributed by atoms with Crippen molar-refractivity contribution in [3.63, 3.8) is 0 Å². The van der Waals surface area contributed by atoms with E-state index in [2.05, 4.69) is 10.2 Å². The summed E-state index contributed by atoms with van der Waals surface area (Å²) < 4.78 is 0. The lowest BCUT2D eigenvalue weighted by Crippen LogP contribution is -2.45. The molecule has 1 aromatic carbocycles. The molecule has 21 heavy (non-hydrogen) atoms. The number of benzene rings is 1. The van der Waals surface area contributed by atoms with E-state index < -0.39 is 0 Å². The molecule has 0 saturated heterocycles. The first-order valence-corrected chi connectivity index (χ1v) is 7.36. The van der Waals surface area contributed by atoms with E-state index in [1.807, 2.05) is 11.0 Å². The summed E-state index contributed by atoms with van der Waals surface area (Å²) in [6.45, 7) is 0.654. The van der Waals surface area contributed by atoms with E-state index in [-0.39, 0.29) is 18.6 Å². The highest BCUT2D eigenvalue weighted by Gasteiger charge is 2.30. The molecular weight excluding hydrogens is 268 g/mol. The Morgan fingerprint density at radius 3 is 2.95 bits per heavy atom. The summed E-state index contributed by atoms with van der Waals surface area (Å²) in [5.74, 6) is -0.0787. The lowest BCUT2D eigenvalue weighted by Gasteiger charge is -2.37. The molecule has 1 aromatic heterocycles. The zero-order valence-electron chi connectivity index (χ0n) is 11.9. The second-order valence-corrected chi connectivity index (χ2v) is 5.54. The fourth-order valence-electron chi connectivity index (χ4n) is 2.72. The number of aliphatic hydroxyl groups is 1. The van der Waals surface area contributed by atoms with Crippen LogP contribution in [0, 0.1) is 0 Å². The van der Waals surface area contributed by atoms with Crippen LogP contribution in [0.4, 0.5) is 5.69 Å². The number of aromatic amines is 1. The molecule has 1 heterocycles. The lowest BCUT2D eigenvalue weighted by molar-refractivity contribution is 0.0558. The van der Waals surface area contributed by atoms with Gasteiger partial charge in [0.2, 0.25) is 0 Å². The summed E-state index contributed by atoms with van der Waals surface area (Å²) in [5, 5.41) is 16.8. The number of nitrogens with one attached hydrogen (secondary N) is 1. The van der Waals surface area contributed by atoms with Crippen LogP contribution in [0.3, 0.4) is 0 Å². The monoisotopic (exact) mass is 288 g/mol. The Labute approximate surface area is 122 Å². The van der Waals surface area contributed by atoms with Crippen LogP contribution in [-0.4, -0.2) is 45.3 Å². The van der Waals surface area contributed by atoms with Gasteiger partial charge in [-0.2, -0.15) is 5.10 Å². The Bertz CT molecular complexity index is 648. The predicted octanol–water partition coefficient (Wildman–Crippen LogP) is 1.52. The number of nitrogens with two attached hydrogens (primary N) is 1. The van der Waals surface area contributed by atoms with Gasteiger partial charge in [-0.3, -0.25) is 9.89 Å². The number of amides is 1. The summed E-state index contributed by atoms with van der Waals surface area (Å²) >= 11 is 0. The molecule has 112 valence electrons. The average Bonchev–Trinajstić information content (AvgIpc) is 2.83. The fourth-order valence-corrected chi connectivity index (χ4v) is 2.72. The topological polar surface area (TPSA) is 95.2 Å². The molecule has 0 spiro atoms. The summed E-state index contributed by atoms with van der Waals surface area (Å²) in [4.78, 5) is 14.6. The van der Waals surface area contributed by atoms with Gasteiger partial charge in [0.1, 0.15) is 0 Å². The Morgan fingerprint density at radius 2 is 2.29 bits per heavy atom. The molecule has 1 aliphatic rings. The molecule has 1 fully saturated rings. The van der Waals surface area contributed by atoms with Gasteiger partial charge in [-0.25, -0.2) is 0 Å². The van der Waals surface area contributed by atoms with Crippen LogP contribution >= 0.6 is 0 Å². The maximum absolute atomic E-state index is 12.8. The van der Waals surface area contributed by atoms with Gasteiger partial charge in [0.05, 0.1) is 5.52 Å². The first kappa shape index (κ1) is 13.9. The third-order valence-corrected chi connectivity index (χ3v) is 4.12. The molecule has 0 unspecified atom stereocenters. The molecule has 0 bridgehead atoms. The Kier molecular flexibility index (Phi) is 3.79. The second kappa shape index (κ2) is 5.73. The van der Waals surface area contributed by atoms with Crippen LogP contribution in [0.2, 0.25) is 0 Å². The van der Waals surface area contributed by atoms with Gasteiger partial charge in [0.25, 0.3) is 5.91 Å². The molecule has 1 amide bonds. The van der Waals surface area contributed by atoms with E-state index in [0.29, 0.717) is 24.3 Å². The van der Waals surface area contributed by atoms with Gasteiger partial charge < -0.3 is 15.7 Å². The van der Waals surface area contributed by atoms with E-state index in [1.165, 1.54) is 0 Å². The van der Waals surface area contributed by atoms with Crippen LogP contribution in [0.15, 0.2) is 18.2 Å². The number of nitrogens with zero attached hydrogens (tertiary/aromatic N) is 2. The van der Waals surface area contributed by atoms with Crippen molar-refractivity contribution >= 4 is 22.5 Å². The molecule has 0 radical (unpaired) electrons. The molecule has 0 aliphatic heterocycles. The number of rotatable bonds is 5. The maximum atomic E-state index is 12.8. The molecule has 2 aromatic rings. The number of hydrogen-bond acceptors (Lipinski definition) is 4. The van der Waals surface area contributed by atoms with Gasteiger partial charge in [-0.15, -0.1) is 0 Å². The van der Waals surface area contributed by atoms with Gasteiger partial charge in [-0.1, -0.05) is 0 Å². The van der Waals surface area contributed by atoms with Crippen molar-refractivity contribution in [3.05, 3.63) is 23.9 Å². The smallest absolute Gasteiger partial charge is 0.275 e. The van der Waals surface area contributed by atoms with E-state index in [4.69, 9.17) is 10.8 Å². The largest absolute Gasteiger partial charge is 0.399 e. The Morgan fingerprint density at radius 1 is 1.48 bits per heavy atom. The third kappa shape index (κ3) is 2.58. The van der Waals surface area contributed by atoms with Crippen LogP contribution in [0.5, 0.6) is 0 Å². The minimum absolute atomic E-state index is 0.0787. The predicted molar refractivity (Wildman–Crippen MR) is 80.9 cm³/mol. The number of fused-ring (bicyclic) bond motifs is 1. The van der Waals surface area contributed by atoms with Crippen molar-refractivity contribution in [1.82, 2.24) is 15.1 Å². The van der Waals surface area contributed by atoms with Crippen LogP contribution in [0.25, 0.3) is 10.9 Å². The van der Waals surface area contributed by atoms with Gasteiger partial charge in [-0.05, 0) is 43.9 Å². The van der Waals surface area contributed by atoms with Crippen molar-refractivity contribution in [2.45, 2.75) is 31.7 Å². The SMILES string of the molecule is Nc1ccc2[nH]nc(C(=O)N(CCCO)C3CCC3)c2c1. The summed E-state index contributed by atoms with van der Waals surface area (Å²) in [7, 11) is 0. The van der Waals surface area contributed by atoms with Crippen molar-refractivity contribution in [2.75, 3.05) is 18.9 Å². The lowest BCUT2D eigenvalue weighted by atomic mass is 9.91. The number of anilines is 1. The van der Waals surface area contributed by atoms with E-state index in [9.17, 15) is 4.79 Å². The molecular formula is C15H20N4O2. The number of carbonyl (C=O) groups excluding carboxylic acids is 1.